The zero-order valence-corrected chi connectivity index (χ0v) is 17.7. The molecule has 0 radical (unpaired) electrons. The van der Waals surface area contributed by atoms with E-state index in [9.17, 15) is 4.79 Å². The molecule has 0 N–H and O–H groups in total. The molecule has 6 heteroatoms. The summed E-state index contributed by atoms with van der Waals surface area (Å²) < 4.78 is 22.1. The predicted molar refractivity (Wildman–Crippen MR) is 109 cm³/mol. The van der Waals surface area contributed by atoms with Crippen LogP contribution < -0.4 is 18.9 Å². The van der Waals surface area contributed by atoms with Gasteiger partial charge in [0.25, 0.3) is 0 Å². The highest BCUT2D eigenvalue weighted by molar-refractivity contribution is 9.10. The molecule has 0 fully saturated rings. The predicted octanol–water partition coefficient (Wildman–Crippen LogP) is 5.08. The van der Waals surface area contributed by atoms with Gasteiger partial charge in [-0.3, -0.25) is 4.79 Å². The number of carbonyl (C=O) groups is 1. The molecule has 0 aromatic heterocycles. The van der Waals surface area contributed by atoms with Crippen molar-refractivity contribution in [2.45, 2.75) is 25.7 Å². The van der Waals surface area contributed by atoms with E-state index in [4.69, 9.17) is 18.9 Å². The SMILES string of the molecule is COc1ccc(C(=O)CCCCc2cc(OC)c(OC)cc2Br)cc1OC. The number of hydrogen-bond donors (Lipinski definition) is 0. The van der Waals surface area contributed by atoms with Crippen LogP contribution in [-0.2, 0) is 6.42 Å². The number of rotatable bonds is 10. The Morgan fingerprint density at radius 3 is 2.04 bits per heavy atom. The average molecular weight is 437 g/mol. The number of unbranched alkanes of at least 4 members (excludes halogenated alkanes) is 1. The number of hydrogen-bond acceptors (Lipinski definition) is 5. The van der Waals surface area contributed by atoms with E-state index in [0.717, 1.165) is 29.3 Å². The summed E-state index contributed by atoms with van der Waals surface area (Å²) in [5.74, 6) is 2.68. The Kier molecular flexibility index (Phi) is 7.98. The van der Waals surface area contributed by atoms with Crippen LogP contribution in [0.25, 0.3) is 0 Å². The van der Waals surface area contributed by atoms with E-state index in [2.05, 4.69) is 15.9 Å². The van der Waals surface area contributed by atoms with E-state index in [0.29, 0.717) is 35.0 Å². The second kappa shape index (κ2) is 10.2. The normalized spacial score (nSPS) is 10.4. The Morgan fingerprint density at radius 2 is 1.41 bits per heavy atom. The number of methoxy groups -OCH3 is 4. The molecule has 0 bridgehead atoms. The van der Waals surface area contributed by atoms with Crippen LogP contribution in [-0.4, -0.2) is 34.2 Å². The lowest BCUT2D eigenvalue weighted by Gasteiger charge is -2.12. The van der Waals surface area contributed by atoms with Gasteiger partial charge in [-0.1, -0.05) is 15.9 Å². The summed E-state index contributed by atoms with van der Waals surface area (Å²) in [6.07, 6.45) is 3.03. The summed E-state index contributed by atoms with van der Waals surface area (Å²) >= 11 is 3.57. The molecule has 0 unspecified atom stereocenters. The van der Waals surface area contributed by atoms with Crippen LogP contribution in [0.3, 0.4) is 0 Å². The summed E-state index contributed by atoms with van der Waals surface area (Å²) in [6, 6.07) is 9.13. The van der Waals surface area contributed by atoms with Crippen molar-refractivity contribution >= 4 is 21.7 Å². The Bertz CT molecular complexity index is 788. The molecule has 0 aliphatic rings. The van der Waals surface area contributed by atoms with Crippen LogP contribution in [0, 0.1) is 0 Å². The zero-order valence-electron chi connectivity index (χ0n) is 16.1. The van der Waals surface area contributed by atoms with Crippen molar-refractivity contribution in [3.63, 3.8) is 0 Å². The number of carbonyl (C=O) groups excluding carboxylic acids is 1. The van der Waals surface area contributed by atoms with Gasteiger partial charge in [0, 0.05) is 16.5 Å². The van der Waals surface area contributed by atoms with Gasteiger partial charge in [-0.15, -0.1) is 0 Å². The third-order valence-electron chi connectivity index (χ3n) is 4.36. The number of ketones is 1. The highest BCUT2D eigenvalue weighted by Gasteiger charge is 2.12. The lowest BCUT2D eigenvalue weighted by atomic mass is 10.0. The molecular formula is C21H25BrO5. The van der Waals surface area contributed by atoms with Crippen molar-refractivity contribution in [3.05, 3.63) is 45.9 Å². The summed E-state index contributed by atoms with van der Waals surface area (Å²) in [5.41, 5.74) is 1.77. The van der Waals surface area contributed by atoms with Gasteiger partial charge in [0.2, 0.25) is 0 Å². The van der Waals surface area contributed by atoms with Gasteiger partial charge in [0.05, 0.1) is 28.4 Å². The molecule has 0 atom stereocenters. The Balaban J connectivity index is 1.92. The minimum atomic E-state index is 0.0994. The number of aryl methyl sites for hydroxylation is 1. The molecule has 2 rings (SSSR count). The van der Waals surface area contributed by atoms with Crippen LogP contribution in [0.1, 0.15) is 35.2 Å². The third kappa shape index (κ3) is 5.39. The fourth-order valence-electron chi connectivity index (χ4n) is 2.84. The second-order valence-electron chi connectivity index (χ2n) is 6.00. The average Bonchev–Trinajstić information content (AvgIpc) is 2.70. The standard InChI is InChI=1S/C21H25BrO5/c1-24-18-10-9-15(12-19(18)25-2)17(23)8-6-5-7-14-11-20(26-3)21(27-4)13-16(14)22/h9-13H,5-8H2,1-4H3. The summed E-state index contributed by atoms with van der Waals surface area (Å²) in [6.45, 7) is 0. The molecule has 27 heavy (non-hydrogen) atoms. The van der Waals surface area contributed by atoms with Crippen molar-refractivity contribution in [1.29, 1.82) is 0 Å². The highest BCUT2D eigenvalue weighted by atomic mass is 79.9. The maximum absolute atomic E-state index is 12.4. The lowest BCUT2D eigenvalue weighted by Crippen LogP contribution is -2.01. The first-order valence-electron chi connectivity index (χ1n) is 8.69. The van der Waals surface area contributed by atoms with Gasteiger partial charge in [-0.2, -0.15) is 0 Å². The van der Waals surface area contributed by atoms with E-state index < -0.39 is 0 Å². The first kappa shape index (κ1) is 21.1. The van der Waals surface area contributed by atoms with Crippen molar-refractivity contribution in [1.82, 2.24) is 0 Å². The molecule has 146 valence electrons. The zero-order chi connectivity index (χ0) is 19.8. The van der Waals surface area contributed by atoms with Crippen LogP contribution >= 0.6 is 15.9 Å². The van der Waals surface area contributed by atoms with Crippen molar-refractivity contribution < 1.29 is 23.7 Å². The molecule has 0 aliphatic carbocycles. The number of Topliss-reactive ketones (excluding diaryl/α,β-unsaturated/α-hetero) is 1. The first-order valence-corrected chi connectivity index (χ1v) is 9.49. The smallest absolute Gasteiger partial charge is 0.163 e. The molecule has 2 aromatic rings. The minimum Gasteiger partial charge on any atom is -0.493 e. The maximum atomic E-state index is 12.4. The van der Waals surface area contributed by atoms with Gasteiger partial charge in [0.15, 0.2) is 28.8 Å². The largest absolute Gasteiger partial charge is 0.493 e. The molecule has 0 saturated carbocycles. The van der Waals surface area contributed by atoms with Gasteiger partial charge < -0.3 is 18.9 Å². The number of ether oxygens (including phenoxy) is 4. The van der Waals surface area contributed by atoms with E-state index in [1.807, 2.05) is 12.1 Å². The van der Waals surface area contributed by atoms with E-state index >= 15 is 0 Å². The fourth-order valence-corrected chi connectivity index (χ4v) is 3.36. The first-order chi connectivity index (χ1) is 13.0. The van der Waals surface area contributed by atoms with E-state index in [-0.39, 0.29) is 5.78 Å². The van der Waals surface area contributed by atoms with Crippen molar-refractivity contribution in [3.8, 4) is 23.0 Å². The molecule has 5 nitrogen and oxygen atoms in total. The molecule has 0 saturated heterocycles. The van der Waals surface area contributed by atoms with Crippen LogP contribution in [0.2, 0.25) is 0 Å². The number of halogens is 1. The minimum absolute atomic E-state index is 0.0994. The quantitative estimate of drug-likeness (QED) is 0.383. The van der Waals surface area contributed by atoms with E-state index in [1.165, 1.54) is 0 Å². The summed E-state index contributed by atoms with van der Waals surface area (Å²) in [5, 5.41) is 0. The monoisotopic (exact) mass is 436 g/mol. The highest BCUT2D eigenvalue weighted by Crippen LogP contribution is 2.34. The molecule has 0 aliphatic heterocycles. The Hall–Kier alpha value is -2.21. The van der Waals surface area contributed by atoms with Crippen LogP contribution in [0.5, 0.6) is 23.0 Å². The molecule has 2 aromatic carbocycles. The topological polar surface area (TPSA) is 54.0 Å². The van der Waals surface area contributed by atoms with Gasteiger partial charge >= 0.3 is 0 Å². The molecule has 0 heterocycles. The van der Waals surface area contributed by atoms with Crippen LogP contribution in [0.15, 0.2) is 34.8 Å². The Morgan fingerprint density at radius 1 is 0.815 bits per heavy atom. The van der Waals surface area contributed by atoms with Crippen LogP contribution in [0.4, 0.5) is 0 Å². The molecule has 0 spiro atoms. The van der Waals surface area contributed by atoms with Gasteiger partial charge in [-0.25, -0.2) is 0 Å². The molecule has 0 amide bonds. The van der Waals surface area contributed by atoms with Crippen molar-refractivity contribution in [2.75, 3.05) is 28.4 Å². The Labute approximate surface area is 168 Å². The third-order valence-corrected chi connectivity index (χ3v) is 5.10. The molecular weight excluding hydrogens is 412 g/mol. The summed E-state index contributed by atoms with van der Waals surface area (Å²) in [4.78, 5) is 12.4. The van der Waals surface area contributed by atoms with Gasteiger partial charge in [-0.05, 0) is 55.2 Å². The summed E-state index contributed by atoms with van der Waals surface area (Å²) in [7, 11) is 6.37. The second-order valence-corrected chi connectivity index (χ2v) is 6.85. The van der Waals surface area contributed by atoms with Gasteiger partial charge in [0.1, 0.15) is 0 Å². The fraction of sp³-hybridized carbons (Fsp3) is 0.381. The number of benzene rings is 2. The van der Waals surface area contributed by atoms with E-state index in [1.54, 1.807) is 46.6 Å². The van der Waals surface area contributed by atoms with Crippen molar-refractivity contribution in [2.24, 2.45) is 0 Å². The lowest BCUT2D eigenvalue weighted by molar-refractivity contribution is 0.0979. The maximum Gasteiger partial charge on any atom is 0.163 e.